The Hall–Kier alpha value is -1.91. The largest absolute Gasteiger partial charge is 0.506 e. The number of aromatic hydroxyl groups is 1. The summed E-state index contributed by atoms with van der Waals surface area (Å²) in [5.41, 5.74) is -0.297. The lowest BCUT2D eigenvalue weighted by Crippen LogP contribution is -2.04. The van der Waals surface area contributed by atoms with E-state index in [0.717, 1.165) is 12.1 Å². The van der Waals surface area contributed by atoms with Crippen molar-refractivity contribution in [2.45, 2.75) is 6.18 Å². The van der Waals surface area contributed by atoms with Crippen LogP contribution in [0.25, 0.3) is 10.8 Å². The minimum absolute atomic E-state index is 0.0137. The van der Waals surface area contributed by atoms with E-state index in [2.05, 4.69) is 5.32 Å². The van der Waals surface area contributed by atoms with Crippen LogP contribution in [0.15, 0.2) is 30.3 Å². The van der Waals surface area contributed by atoms with Gasteiger partial charge in [0.05, 0.1) is 11.3 Å². The standard InChI is InChI=1S/C12H10F3NO/c1-16-10-5-8-4-9(12(13,14)15)3-2-7(8)6-11(10)17/h2-6,16-17H,1H3. The summed E-state index contributed by atoms with van der Waals surface area (Å²) in [4.78, 5) is 0. The average Bonchev–Trinajstić information content (AvgIpc) is 2.26. The number of benzene rings is 2. The van der Waals surface area contributed by atoms with E-state index in [9.17, 15) is 18.3 Å². The van der Waals surface area contributed by atoms with Crippen LogP contribution >= 0.6 is 0 Å². The maximum Gasteiger partial charge on any atom is 0.416 e. The highest BCUT2D eigenvalue weighted by atomic mass is 19.4. The second kappa shape index (κ2) is 3.84. The van der Waals surface area contributed by atoms with Gasteiger partial charge >= 0.3 is 6.18 Å². The summed E-state index contributed by atoms with van der Waals surface area (Å²) >= 11 is 0. The predicted molar refractivity (Wildman–Crippen MR) is 60.2 cm³/mol. The van der Waals surface area contributed by atoms with Crippen molar-refractivity contribution in [1.29, 1.82) is 0 Å². The lowest BCUT2D eigenvalue weighted by atomic mass is 10.1. The van der Waals surface area contributed by atoms with Gasteiger partial charge in [0.15, 0.2) is 0 Å². The molecule has 2 N–H and O–H groups in total. The Bertz CT molecular complexity index is 563. The molecule has 0 bridgehead atoms. The van der Waals surface area contributed by atoms with Gasteiger partial charge in [0.2, 0.25) is 0 Å². The molecule has 0 aromatic heterocycles. The van der Waals surface area contributed by atoms with Gasteiger partial charge in [-0.2, -0.15) is 13.2 Å². The molecule has 90 valence electrons. The van der Waals surface area contributed by atoms with Gasteiger partial charge in [-0.3, -0.25) is 0 Å². The fourth-order valence-corrected chi connectivity index (χ4v) is 1.66. The number of alkyl halides is 3. The van der Waals surface area contributed by atoms with Crippen molar-refractivity contribution >= 4 is 16.5 Å². The molecule has 0 saturated carbocycles. The third-order valence-corrected chi connectivity index (χ3v) is 2.55. The molecule has 0 spiro atoms. The van der Waals surface area contributed by atoms with E-state index in [1.807, 2.05) is 0 Å². The normalized spacial score (nSPS) is 11.8. The first-order chi connectivity index (χ1) is 7.91. The van der Waals surface area contributed by atoms with E-state index >= 15 is 0 Å². The number of nitrogens with one attached hydrogen (secondary N) is 1. The number of anilines is 1. The van der Waals surface area contributed by atoms with Crippen molar-refractivity contribution in [2.75, 3.05) is 12.4 Å². The van der Waals surface area contributed by atoms with Crippen LogP contribution in [0.5, 0.6) is 5.75 Å². The molecular weight excluding hydrogens is 231 g/mol. The maximum absolute atomic E-state index is 12.5. The molecule has 5 heteroatoms. The van der Waals surface area contributed by atoms with E-state index in [1.165, 1.54) is 18.2 Å². The fourth-order valence-electron chi connectivity index (χ4n) is 1.66. The van der Waals surface area contributed by atoms with Crippen molar-refractivity contribution in [3.63, 3.8) is 0 Å². The predicted octanol–water partition coefficient (Wildman–Crippen LogP) is 3.61. The third kappa shape index (κ3) is 2.13. The SMILES string of the molecule is CNc1cc2cc(C(F)(F)F)ccc2cc1O. The zero-order valence-electron chi connectivity index (χ0n) is 8.97. The van der Waals surface area contributed by atoms with Crippen LogP contribution in [-0.4, -0.2) is 12.2 Å². The Morgan fingerprint density at radius 1 is 1.06 bits per heavy atom. The summed E-state index contributed by atoms with van der Waals surface area (Å²) in [5.74, 6) is 0.0137. The highest BCUT2D eigenvalue weighted by Crippen LogP contribution is 2.34. The van der Waals surface area contributed by atoms with Crippen LogP contribution in [0.1, 0.15) is 5.56 Å². The first kappa shape index (κ1) is 11.6. The first-order valence-electron chi connectivity index (χ1n) is 4.93. The number of halogens is 3. The summed E-state index contributed by atoms with van der Waals surface area (Å²) in [7, 11) is 1.59. The van der Waals surface area contributed by atoms with E-state index in [0.29, 0.717) is 16.5 Å². The van der Waals surface area contributed by atoms with Gasteiger partial charge in [-0.1, -0.05) is 6.07 Å². The number of rotatable bonds is 1. The van der Waals surface area contributed by atoms with E-state index in [-0.39, 0.29) is 5.75 Å². The summed E-state index contributed by atoms with van der Waals surface area (Å²) < 4.78 is 37.5. The van der Waals surface area contributed by atoms with Crippen molar-refractivity contribution < 1.29 is 18.3 Å². The monoisotopic (exact) mass is 241 g/mol. The van der Waals surface area contributed by atoms with E-state index in [4.69, 9.17) is 0 Å². The second-order valence-electron chi connectivity index (χ2n) is 3.68. The molecule has 0 fully saturated rings. The molecule has 0 aliphatic carbocycles. The maximum atomic E-state index is 12.5. The average molecular weight is 241 g/mol. The molecule has 0 aliphatic rings. The highest BCUT2D eigenvalue weighted by Gasteiger charge is 2.30. The van der Waals surface area contributed by atoms with Crippen LogP contribution in [0, 0.1) is 0 Å². The highest BCUT2D eigenvalue weighted by molar-refractivity contribution is 5.89. The van der Waals surface area contributed by atoms with Crippen LogP contribution in [-0.2, 0) is 6.18 Å². The van der Waals surface area contributed by atoms with Crippen molar-refractivity contribution in [3.05, 3.63) is 35.9 Å². The Balaban J connectivity index is 2.65. The zero-order chi connectivity index (χ0) is 12.6. The third-order valence-electron chi connectivity index (χ3n) is 2.55. The van der Waals surface area contributed by atoms with Crippen LogP contribution in [0.4, 0.5) is 18.9 Å². The molecule has 2 aromatic carbocycles. The van der Waals surface area contributed by atoms with E-state index < -0.39 is 11.7 Å². The number of fused-ring (bicyclic) bond motifs is 1. The first-order valence-corrected chi connectivity index (χ1v) is 4.93. The molecule has 0 saturated heterocycles. The smallest absolute Gasteiger partial charge is 0.416 e. The Morgan fingerprint density at radius 3 is 2.35 bits per heavy atom. The summed E-state index contributed by atoms with van der Waals surface area (Å²) in [6.07, 6.45) is -4.36. The molecule has 0 aliphatic heterocycles. The van der Waals surface area contributed by atoms with Gasteiger partial charge in [-0.25, -0.2) is 0 Å². The molecule has 2 rings (SSSR count). The number of hydrogen-bond donors (Lipinski definition) is 2. The molecule has 2 nitrogen and oxygen atoms in total. The summed E-state index contributed by atoms with van der Waals surface area (Å²) in [6, 6.07) is 6.33. The number of phenols is 1. The minimum Gasteiger partial charge on any atom is -0.506 e. The summed E-state index contributed by atoms with van der Waals surface area (Å²) in [6.45, 7) is 0. The lowest BCUT2D eigenvalue weighted by Gasteiger charge is -2.10. The molecule has 17 heavy (non-hydrogen) atoms. The molecule has 0 radical (unpaired) electrons. The van der Waals surface area contributed by atoms with Crippen molar-refractivity contribution in [1.82, 2.24) is 0 Å². The van der Waals surface area contributed by atoms with Crippen molar-refractivity contribution in [2.24, 2.45) is 0 Å². The van der Waals surface area contributed by atoms with Gasteiger partial charge in [0, 0.05) is 7.05 Å². The second-order valence-corrected chi connectivity index (χ2v) is 3.68. The van der Waals surface area contributed by atoms with Crippen LogP contribution < -0.4 is 5.32 Å². The summed E-state index contributed by atoms with van der Waals surface area (Å²) in [5, 5.41) is 13.3. The van der Waals surface area contributed by atoms with Gasteiger partial charge in [0.1, 0.15) is 5.75 Å². The number of hydrogen-bond acceptors (Lipinski definition) is 2. The van der Waals surface area contributed by atoms with E-state index in [1.54, 1.807) is 7.05 Å². The Morgan fingerprint density at radius 2 is 1.76 bits per heavy atom. The Labute approximate surface area is 95.7 Å². The molecule has 2 aromatic rings. The van der Waals surface area contributed by atoms with Crippen LogP contribution in [0.2, 0.25) is 0 Å². The quantitative estimate of drug-likeness (QED) is 0.747. The van der Waals surface area contributed by atoms with Gasteiger partial charge < -0.3 is 10.4 Å². The van der Waals surface area contributed by atoms with Crippen molar-refractivity contribution in [3.8, 4) is 5.75 Å². The molecule has 0 unspecified atom stereocenters. The van der Waals surface area contributed by atoms with Crippen LogP contribution in [0.3, 0.4) is 0 Å². The molecule has 0 atom stereocenters. The minimum atomic E-state index is -4.36. The Kier molecular flexibility index (Phi) is 2.61. The molecule has 0 amide bonds. The fraction of sp³-hybridized carbons (Fsp3) is 0.167. The lowest BCUT2D eigenvalue weighted by molar-refractivity contribution is -0.137. The zero-order valence-corrected chi connectivity index (χ0v) is 8.97. The van der Waals surface area contributed by atoms with Gasteiger partial charge in [0.25, 0.3) is 0 Å². The molecule has 0 heterocycles. The van der Waals surface area contributed by atoms with Gasteiger partial charge in [-0.15, -0.1) is 0 Å². The molecular formula is C12H10F3NO. The topological polar surface area (TPSA) is 32.3 Å². The number of phenolic OH excluding ortho intramolecular Hbond substituents is 1. The van der Waals surface area contributed by atoms with Gasteiger partial charge in [-0.05, 0) is 35.0 Å².